The maximum absolute atomic E-state index is 6.47. The van der Waals surface area contributed by atoms with Crippen LogP contribution >= 0.6 is 0 Å². The van der Waals surface area contributed by atoms with Crippen molar-refractivity contribution in [2.45, 2.75) is 76.4 Å². The van der Waals surface area contributed by atoms with E-state index < -0.39 is 0 Å². The molecule has 2 rings (SSSR count). The van der Waals surface area contributed by atoms with Gasteiger partial charge in [-0.05, 0) is 31.6 Å². The van der Waals surface area contributed by atoms with E-state index in [9.17, 15) is 0 Å². The third-order valence-corrected chi connectivity index (χ3v) is 4.65. The fraction of sp³-hybridized carbons (Fsp3) is 1.00. The highest BCUT2D eigenvalue weighted by Gasteiger charge is 2.38. The lowest BCUT2D eigenvalue weighted by molar-refractivity contribution is -0.118. The molecule has 0 saturated heterocycles. The summed E-state index contributed by atoms with van der Waals surface area (Å²) in [7, 11) is 0. The first-order valence-corrected chi connectivity index (χ1v) is 7.17. The Morgan fingerprint density at radius 1 is 1.12 bits per heavy atom. The zero-order valence-corrected chi connectivity index (χ0v) is 10.7. The molecule has 0 bridgehead atoms. The van der Waals surface area contributed by atoms with Gasteiger partial charge in [-0.3, -0.25) is 0 Å². The molecule has 16 heavy (non-hydrogen) atoms. The summed E-state index contributed by atoms with van der Waals surface area (Å²) in [5.41, 5.74) is 6.00. The highest BCUT2D eigenvalue weighted by Crippen LogP contribution is 2.38. The molecule has 2 aliphatic rings. The van der Waals surface area contributed by atoms with Gasteiger partial charge in [0.25, 0.3) is 0 Å². The summed E-state index contributed by atoms with van der Waals surface area (Å²) in [6.45, 7) is 3.02. The van der Waals surface area contributed by atoms with Gasteiger partial charge < -0.3 is 10.5 Å². The summed E-state index contributed by atoms with van der Waals surface area (Å²) in [6.07, 6.45) is 12.1. The second-order valence-electron chi connectivity index (χ2n) is 5.70. The summed E-state index contributed by atoms with van der Waals surface area (Å²) in [4.78, 5) is 0. The second-order valence-corrected chi connectivity index (χ2v) is 5.70. The molecule has 0 aromatic rings. The SMILES string of the molecule is CCC1CCCCC1OC1(CN)CCCC1. The summed E-state index contributed by atoms with van der Waals surface area (Å²) in [5, 5.41) is 0. The van der Waals surface area contributed by atoms with E-state index in [1.165, 1.54) is 57.8 Å². The highest BCUT2D eigenvalue weighted by atomic mass is 16.5. The van der Waals surface area contributed by atoms with Crippen molar-refractivity contribution >= 4 is 0 Å². The van der Waals surface area contributed by atoms with E-state index in [2.05, 4.69) is 6.92 Å². The van der Waals surface area contributed by atoms with Gasteiger partial charge in [0.15, 0.2) is 0 Å². The normalized spacial score (nSPS) is 34.1. The van der Waals surface area contributed by atoms with Crippen molar-refractivity contribution in [2.24, 2.45) is 11.7 Å². The highest BCUT2D eigenvalue weighted by molar-refractivity contribution is 4.90. The molecule has 0 heterocycles. The molecule has 2 fully saturated rings. The molecule has 2 N–H and O–H groups in total. The Bertz CT molecular complexity index is 211. The molecule has 2 heteroatoms. The van der Waals surface area contributed by atoms with Crippen LogP contribution in [-0.2, 0) is 4.74 Å². The van der Waals surface area contributed by atoms with Gasteiger partial charge in [0.1, 0.15) is 0 Å². The lowest BCUT2D eigenvalue weighted by atomic mass is 9.84. The number of hydrogen-bond acceptors (Lipinski definition) is 2. The summed E-state index contributed by atoms with van der Waals surface area (Å²) in [6, 6.07) is 0. The van der Waals surface area contributed by atoms with Crippen molar-refractivity contribution in [2.75, 3.05) is 6.54 Å². The van der Waals surface area contributed by atoms with E-state index in [0.29, 0.717) is 6.10 Å². The quantitative estimate of drug-likeness (QED) is 0.797. The summed E-state index contributed by atoms with van der Waals surface area (Å²) < 4.78 is 6.47. The Balaban J connectivity index is 1.95. The van der Waals surface area contributed by atoms with Gasteiger partial charge in [-0.25, -0.2) is 0 Å². The molecule has 0 spiro atoms. The average molecular weight is 225 g/mol. The minimum Gasteiger partial charge on any atom is -0.370 e. The van der Waals surface area contributed by atoms with Crippen molar-refractivity contribution in [3.8, 4) is 0 Å². The summed E-state index contributed by atoms with van der Waals surface area (Å²) >= 11 is 0. The van der Waals surface area contributed by atoms with Crippen LogP contribution in [0.4, 0.5) is 0 Å². The van der Waals surface area contributed by atoms with Crippen LogP contribution in [0.5, 0.6) is 0 Å². The van der Waals surface area contributed by atoms with Crippen molar-refractivity contribution in [3.63, 3.8) is 0 Å². The van der Waals surface area contributed by atoms with Gasteiger partial charge in [0.05, 0.1) is 11.7 Å². The number of ether oxygens (including phenoxy) is 1. The van der Waals surface area contributed by atoms with Gasteiger partial charge in [0, 0.05) is 6.54 Å². The largest absolute Gasteiger partial charge is 0.370 e. The summed E-state index contributed by atoms with van der Waals surface area (Å²) in [5.74, 6) is 0.790. The molecule has 94 valence electrons. The van der Waals surface area contributed by atoms with Crippen molar-refractivity contribution in [1.29, 1.82) is 0 Å². The van der Waals surface area contributed by atoms with Crippen LogP contribution in [0, 0.1) is 5.92 Å². The van der Waals surface area contributed by atoms with E-state index in [-0.39, 0.29) is 5.60 Å². The van der Waals surface area contributed by atoms with Crippen LogP contribution in [0.2, 0.25) is 0 Å². The van der Waals surface area contributed by atoms with E-state index in [4.69, 9.17) is 10.5 Å². The molecule has 0 aromatic carbocycles. The minimum atomic E-state index is 0.0510. The van der Waals surface area contributed by atoms with E-state index in [1.54, 1.807) is 0 Å². The molecule has 2 saturated carbocycles. The van der Waals surface area contributed by atoms with Gasteiger partial charge >= 0.3 is 0 Å². The van der Waals surface area contributed by atoms with Gasteiger partial charge in [-0.1, -0.05) is 39.0 Å². The molecule has 2 aliphatic carbocycles. The van der Waals surface area contributed by atoms with Gasteiger partial charge in [0.2, 0.25) is 0 Å². The molecule has 0 radical (unpaired) electrons. The van der Waals surface area contributed by atoms with Crippen LogP contribution < -0.4 is 5.73 Å². The van der Waals surface area contributed by atoms with Crippen molar-refractivity contribution in [3.05, 3.63) is 0 Å². The smallest absolute Gasteiger partial charge is 0.0808 e. The number of nitrogens with two attached hydrogens (primary N) is 1. The van der Waals surface area contributed by atoms with E-state index >= 15 is 0 Å². The Morgan fingerprint density at radius 3 is 2.44 bits per heavy atom. The average Bonchev–Trinajstić information content (AvgIpc) is 2.79. The van der Waals surface area contributed by atoms with Crippen LogP contribution in [0.1, 0.15) is 64.7 Å². The zero-order chi connectivity index (χ0) is 11.4. The molecule has 0 aromatic heterocycles. The lowest BCUT2D eigenvalue weighted by Gasteiger charge is -2.38. The molecule has 2 unspecified atom stereocenters. The first kappa shape index (κ1) is 12.4. The maximum atomic E-state index is 6.47. The molecular formula is C14H27NO. The maximum Gasteiger partial charge on any atom is 0.0808 e. The predicted octanol–water partition coefficient (Wildman–Crippen LogP) is 3.24. The third kappa shape index (κ3) is 2.60. The molecular weight excluding hydrogens is 198 g/mol. The van der Waals surface area contributed by atoms with Crippen molar-refractivity contribution < 1.29 is 4.74 Å². The minimum absolute atomic E-state index is 0.0510. The topological polar surface area (TPSA) is 35.2 Å². The Labute approximate surface area is 99.9 Å². The van der Waals surface area contributed by atoms with Crippen molar-refractivity contribution in [1.82, 2.24) is 0 Å². The van der Waals surface area contributed by atoms with Gasteiger partial charge in [-0.2, -0.15) is 0 Å². The first-order chi connectivity index (χ1) is 7.79. The molecule has 2 nitrogen and oxygen atoms in total. The van der Waals surface area contributed by atoms with E-state index in [0.717, 1.165) is 12.5 Å². The Hall–Kier alpha value is -0.0800. The molecule has 2 atom stereocenters. The molecule has 0 aliphatic heterocycles. The van der Waals surface area contributed by atoms with Gasteiger partial charge in [-0.15, -0.1) is 0 Å². The predicted molar refractivity (Wildman–Crippen MR) is 67.4 cm³/mol. The fourth-order valence-electron chi connectivity index (χ4n) is 3.51. The monoisotopic (exact) mass is 225 g/mol. The van der Waals surface area contributed by atoms with Crippen LogP contribution in [0.25, 0.3) is 0 Å². The second kappa shape index (κ2) is 5.50. The standard InChI is InChI=1S/C14H27NO/c1-2-12-7-3-4-8-13(12)16-14(11-15)9-5-6-10-14/h12-13H,2-11,15H2,1H3. The van der Waals surface area contributed by atoms with E-state index in [1.807, 2.05) is 0 Å². The first-order valence-electron chi connectivity index (χ1n) is 7.17. The number of hydrogen-bond donors (Lipinski definition) is 1. The lowest BCUT2D eigenvalue weighted by Crippen LogP contribution is -2.44. The third-order valence-electron chi connectivity index (χ3n) is 4.65. The number of rotatable bonds is 4. The fourth-order valence-corrected chi connectivity index (χ4v) is 3.51. The molecule has 0 amide bonds. The van der Waals surface area contributed by atoms with Crippen LogP contribution in [0.3, 0.4) is 0 Å². The Kier molecular flexibility index (Phi) is 4.26. The van der Waals surface area contributed by atoms with Crippen LogP contribution in [-0.4, -0.2) is 18.2 Å². The Morgan fingerprint density at radius 2 is 1.81 bits per heavy atom. The zero-order valence-electron chi connectivity index (χ0n) is 10.7. The van der Waals surface area contributed by atoms with Crippen LogP contribution in [0.15, 0.2) is 0 Å².